The zero-order valence-corrected chi connectivity index (χ0v) is 80.1. The standard InChI is InChI=1S/C13H20.C12H12F6.2C11H12ClF3.2C11H12F4.C11H13F3O.C11H13F3.C8H13NO/c1-10(2)11-7-6-8-12(9-11)13(3,4)5;1-10(2,3)7-4-8(11(13,14)15)6-9(5-7)12(16,17)18;1-10(2,3)7-4-5-9(12)8(6-7)11(13,14)15;1-10(2,3)8-5-4-7(6-9(8)12)11(13,14)15;1-10(2,3)8-6-7(11(13,14)15)4-5-9(8)12;1-10(2,3)7-4-5-9(12)8(6-7)11(13,14)15;1-10(2,3)8-5-4-6-9(7-8)15-11(12,13)14;1-10(2,3)8-4-6-9(7-5-8)11(12,13)14;1-6-5-7(9-10-6)8(2,3)4/h6-10H,1-5H3;4-6H,1-3H3;4*4-6H,1-3H3;4-7H,1-3H3;4-7H,1-3H3;5H,1-4H3. The molecule has 0 spiro atoms. The maximum absolute atomic E-state index is 13.3. The van der Waals surface area contributed by atoms with Gasteiger partial charge in [-0.2, -0.15) is 92.2 Å². The molecule has 0 atom stereocenters. The Hall–Kier alpha value is -8.47. The number of aryl methyl sites for hydroxylation is 1. The number of aromatic nitrogens is 1. The SMILES string of the molecule is CC(C)(C)c1cc(C(F)(F)F)cc(C(F)(F)F)c1.CC(C)(C)c1cc(C(F)(F)F)ccc1F.CC(C)(C)c1ccc(C(F)(F)F)cc1.CC(C)(C)c1ccc(C(F)(F)F)cc1Cl.CC(C)(C)c1ccc(Cl)c(C(F)(F)F)c1.CC(C)(C)c1ccc(F)c(C(F)(F)F)c1.CC(C)(C)c1cccc(OC(F)(F)F)c1.CC(C)c1cccc(C(C)(C)C)c1.Cc1cc(C(C)(C)C)no1. The molecule has 31 heteroatoms. The molecule has 1 heterocycles. The van der Waals surface area contributed by atoms with Crippen molar-refractivity contribution in [3.63, 3.8) is 0 Å². The average molecular weight is 1920 g/mol. The largest absolute Gasteiger partial charge is 0.573 e. The van der Waals surface area contributed by atoms with Crippen molar-refractivity contribution in [1.82, 2.24) is 5.16 Å². The van der Waals surface area contributed by atoms with Crippen LogP contribution < -0.4 is 4.74 Å². The minimum absolute atomic E-state index is 0.00431. The lowest BCUT2D eigenvalue weighted by Crippen LogP contribution is -2.18. The Morgan fingerprint density at radius 2 is 0.577 bits per heavy atom. The van der Waals surface area contributed by atoms with E-state index in [9.17, 15) is 114 Å². The zero-order chi connectivity index (χ0) is 102. The second-order valence-electron chi connectivity index (χ2n) is 40.1. The predicted molar refractivity (Wildman–Crippen MR) is 467 cm³/mol. The molecule has 0 saturated carbocycles. The van der Waals surface area contributed by atoms with Gasteiger partial charge < -0.3 is 9.26 Å². The summed E-state index contributed by atoms with van der Waals surface area (Å²) >= 11 is 11.3. The van der Waals surface area contributed by atoms with Gasteiger partial charge in [-0.05, 0) is 203 Å². The summed E-state index contributed by atoms with van der Waals surface area (Å²) in [6, 6.07) is 37.0. The number of hydrogen-bond acceptors (Lipinski definition) is 3. The van der Waals surface area contributed by atoms with Crippen molar-refractivity contribution in [3.8, 4) is 5.75 Å². The van der Waals surface area contributed by atoms with Gasteiger partial charge in [-0.1, -0.05) is 296 Å². The first-order valence-corrected chi connectivity index (χ1v) is 41.2. The van der Waals surface area contributed by atoms with Crippen LogP contribution in [0.2, 0.25) is 10.0 Å². The van der Waals surface area contributed by atoms with E-state index in [0.717, 1.165) is 101 Å². The highest BCUT2D eigenvalue weighted by Crippen LogP contribution is 2.44. The molecule has 0 aliphatic rings. The third-order valence-electron chi connectivity index (χ3n) is 18.8. The van der Waals surface area contributed by atoms with Gasteiger partial charge >= 0.3 is 49.6 Å². The van der Waals surface area contributed by atoms with Crippen LogP contribution in [0.1, 0.15) is 307 Å². The van der Waals surface area contributed by atoms with Gasteiger partial charge in [-0.15, -0.1) is 13.2 Å². The summed E-state index contributed by atoms with van der Waals surface area (Å²) < 4.78 is 332. The van der Waals surface area contributed by atoms with Crippen LogP contribution in [0.4, 0.5) is 114 Å². The Morgan fingerprint density at radius 3 is 0.908 bits per heavy atom. The van der Waals surface area contributed by atoms with Crippen LogP contribution in [0.25, 0.3) is 0 Å². The highest BCUT2D eigenvalue weighted by molar-refractivity contribution is 6.31. The van der Waals surface area contributed by atoms with E-state index in [1.807, 2.05) is 96.1 Å². The lowest BCUT2D eigenvalue weighted by molar-refractivity contribution is -0.274. The molecule has 8 aromatic carbocycles. The Labute approximate surface area is 757 Å². The van der Waals surface area contributed by atoms with E-state index < -0.39 is 116 Å². The van der Waals surface area contributed by atoms with E-state index in [0.29, 0.717) is 17.0 Å². The zero-order valence-electron chi connectivity index (χ0n) is 78.6. The molecule has 0 aliphatic heterocycles. The first-order chi connectivity index (χ1) is 57.6. The number of alkyl halides is 24. The highest BCUT2D eigenvalue weighted by Gasteiger charge is 2.41. The number of ether oxygens (including phenoxy) is 1. The lowest BCUT2D eigenvalue weighted by atomic mass is 9.85. The summed E-state index contributed by atoms with van der Waals surface area (Å²) in [5, 5.41) is 3.82. The van der Waals surface area contributed by atoms with Crippen LogP contribution in [0.15, 0.2) is 174 Å². The molecular formula is C99H119Cl2F26NO2. The number of rotatable bonds is 2. The Kier molecular flexibility index (Phi) is 41.0. The molecule has 130 heavy (non-hydrogen) atoms. The van der Waals surface area contributed by atoms with Crippen LogP contribution >= 0.6 is 23.2 Å². The van der Waals surface area contributed by atoms with Gasteiger partial charge in [-0.3, -0.25) is 0 Å². The first kappa shape index (κ1) is 120. The van der Waals surface area contributed by atoms with Crippen molar-refractivity contribution in [2.45, 2.75) is 312 Å². The Bertz CT molecular complexity index is 4720. The van der Waals surface area contributed by atoms with Crippen LogP contribution in [-0.2, 0) is 92.0 Å². The van der Waals surface area contributed by atoms with Crippen LogP contribution in [0.3, 0.4) is 0 Å². The van der Waals surface area contributed by atoms with Gasteiger partial charge in [0.1, 0.15) is 23.1 Å². The second-order valence-corrected chi connectivity index (χ2v) is 40.9. The van der Waals surface area contributed by atoms with Gasteiger partial charge in [0.05, 0.1) is 49.7 Å². The van der Waals surface area contributed by atoms with Gasteiger partial charge in [0.25, 0.3) is 0 Å². The Balaban J connectivity index is 0.000000733. The topological polar surface area (TPSA) is 35.3 Å². The normalized spacial score (nSPS) is 12.9. The van der Waals surface area contributed by atoms with Crippen molar-refractivity contribution in [3.05, 3.63) is 292 Å². The van der Waals surface area contributed by atoms with E-state index in [1.165, 1.54) is 53.6 Å². The van der Waals surface area contributed by atoms with Crippen LogP contribution in [-0.4, -0.2) is 11.5 Å². The summed E-state index contributed by atoms with van der Waals surface area (Å²) in [4.78, 5) is 0. The number of nitrogens with zero attached hydrogens (tertiary/aromatic N) is 1. The van der Waals surface area contributed by atoms with Gasteiger partial charge in [0, 0.05) is 16.5 Å². The lowest BCUT2D eigenvalue weighted by Gasteiger charge is -2.22. The molecule has 9 aromatic rings. The van der Waals surface area contributed by atoms with Crippen LogP contribution in [0.5, 0.6) is 5.75 Å². The van der Waals surface area contributed by atoms with Gasteiger partial charge in [0.15, 0.2) is 0 Å². The molecule has 3 nitrogen and oxygen atoms in total. The molecule has 0 unspecified atom stereocenters. The second kappa shape index (κ2) is 44.6. The van der Waals surface area contributed by atoms with E-state index >= 15 is 0 Å². The van der Waals surface area contributed by atoms with E-state index in [1.54, 1.807) is 80.5 Å². The molecule has 0 aliphatic carbocycles. The minimum Gasteiger partial charge on any atom is -0.406 e. The molecule has 0 radical (unpaired) electrons. The maximum atomic E-state index is 13.3. The molecular weight excluding hydrogens is 1800 g/mol. The highest BCUT2D eigenvalue weighted by atomic mass is 35.5. The van der Waals surface area contributed by atoms with Gasteiger partial charge in [-0.25, -0.2) is 8.78 Å². The number of halogens is 28. The quantitative estimate of drug-likeness (QED) is 0.162. The molecule has 1 aromatic heterocycles. The number of hydrogen-bond donors (Lipinski definition) is 0. The molecule has 0 fully saturated rings. The van der Waals surface area contributed by atoms with E-state index in [-0.39, 0.29) is 65.5 Å². The summed E-state index contributed by atoms with van der Waals surface area (Å²) in [5.41, 5.74) is -1.46. The van der Waals surface area contributed by atoms with E-state index in [2.05, 4.69) is 89.5 Å². The van der Waals surface area contributed by atoms with Crippen molar-refractivity contribution in [2.75, 3.05) is 0 Å². The van der Waals surface area contributed by atoms with Gasteiger partial charge in [0.2, 0.25) is 0 Å². The van der Waals surface area contributed by atoms with Crippen molar-refractivity contribution in [2.24, 2.45) is 0 Å². The molecule has 0 amide bonds. The van der Waals surface area contributed by atoms with Crippen molar-refractivity contribution >= 4 is 23.2 Å². The first-order valence-electron chi connectivity index (χ1n) is 40.5. The predicted octanol–water partition coefficient (Wildman–Crippen LogP) is 36.9. The summed E-state index contributed by atoms with van der Waals surface area (Å²) in [7, 11) is 0. The van der Waals surface area contributed by atoms with Crippen molar-refractivity contribution < 1.29 is 123 Å². The fraction of sp³-hybridized carbons (Fsp3) is 0.485. The fourth-order valence-corrected chi connectivity index (χ4v) is 11.5. The smallest absolute Gasteiger partial charge is 0.406 e. The van der Waals surface area contributed by atoms with E-state index in [4.69, 9.17) is 27.7 Å². The summed E-state index contributed by atoms with van der Waals surface area (Å²) in [6.45, 7) is 57.5. The maximum Gasteiger partial charge on any atom is 0.573 e. The van der Waals surface area contributed by atoms with Crippen LogP contribution in [0, 0.1) is 18.6 Å². The summed E-state index contributed by atoms with van der Waals surface area (Å²) in [5.74, 6) is -0.492. The molecule has 0 saturated heterocycles. The minimum atomic E-state index is -4.79. The molecule has 0 N–H and O–H groups in total. The average Bonchev–Trinajstić information content (AvgIpc) is 0.885. The summed E-state index contributed by atoms with van der Waals surface area (Å²) in [6.07, 6.45) is -36.2. The molecule has 9 rings (SSSR count). The Morgan fingerprint density at radius 1 is 0.262 bits per heavy atom. The van der Waals surface area contributed by atoms with Crippen molar-refractivity contribution in [1.29, 1.82) is 0 Å². The number of benzene rings is 8. The third kappa shape index (κ3) is 42.2. The third-order valence-corrected chi connectivity index (χ3v) is 19.4. The molecule has 0 bridgehead atoms. The fourth-order valence-electron chi connectivity index (χ4n) is 10.8. The molecule has 728 valence electrons. The monoisotopic (exact) mass is 1920 g/mol.